The minimum atomic E-state index is -0.0216. The van der Waals surface area contributed by atoms with Gasteiger partial charge in [0.2, 0.25) is 0 Å². The molecule has 100 valence electrons. The van der Waals surface area contributed by atoms with E-state index in [1.807, 2.05) is 24.3 Å². The van der Waals surface area contributed by atoms with Crippen molar-refractivity contribution in [2.24, 2.45) is 11.7 Å². The number of benzene rings is 1. The molecule has 1 unspecified atom stereocenters. The smallest absolute Gasteiger partial charge is 0.251 e. The van der Waals surface area contributed by atoms with Crippen LogP contribution in [0.4, 0.5) is 0 Å². The Morgan fingerprint density at radius 3 is 2.61 bits per heavy atom. The summed E-state index contributed by atoms with van der Waals surface area (Å²) in [6, 6.07) is 7.73. The molecule has 3 N–H and O–H groups in total. The van der Waals surface area contributed by atoms with Gasteiger partial charge in [-0.25, -0.2) is 0 Å². The lowest BCUT2D eigenvalue weighted by molar-refractivity contribution is 0.0949. The Balaban J connectivity index is 2.55. The van der Waals surface area contributed by atoms with E-state index in [0.717, 1.165) is 24.0 Å². The Morgan fingerprint density at radius 2 is 2.00 bits per heavy atom. The predicted octanol–water partition coefficient (Wildman–Crippen LogP) is 2.35. The van der Waals surface area contributed by atoms with Crippen LogP contribution in [0.25, 0.3) is 0 Å². The van der Waals surface area contributed by atoms with Crippen LogP contribution in [-0.4, -0.2) is 18.5 Å². The fraction of sp³-hybridized carbons (Fsp3) is 0.533. The second-order valence-electron chi connectivity index (χ2n) is 5.11. The Hall–Kier alpha value is -1.35. The van der Waals surface area contributed by atoms with Crippen molar-refractivity contribution in [1.29, 1.82) is 0 Å². The van der Waals surface area contributed by atoms with E-state index in [0.29, 0.717) is 12.5 Å². The maximum Gasteiger partial charge on any atom is 0.251 e. The van der Waals surface area contributed by atoms with Gasteiger partial charge in [-0.2, -0.15) is 0 Å². The summed E-state index contributed by atoms with van der Waals surface area (Å²) in [5, 5.41) is 2.91. The van der Waals surface area contributed by atoms with Crippen LogP contribution in [0.2, 0.25) is 0 Å². The number of hydrogen-bond acceptors (Lipinski definition) is 2. The maximum absolute atomic E-state index is 12.0. The van der Waals surface area contributed by atoms with Crippen molar-refractivity contribution in [3.05, 3.63) is 35.4 Å². The molecule has 3 heteroatoms. The van der Waals surface area contributed by atoms with Crippen molar-refractivity contribution >= 4 is 5.91 Å². The SMILES string of the molecule is CCc1ccccc1C(=O)NCC(N)CC(C)C. The van der Waals surface area contributed by atoms with Gasteiger partial charge in [-0.05, 0) is 30.4 Å². The average molecular weight is 248 g/mol. The largest absolute Gasteiger partial charge is 0.350 e. The summed E-state index contributed by atoms with van der Waals surface area (Å²) in [6.45, 7) is 6.85. The number of carbonyl (C=O) groups excluding carboxylic acids is 1. The first kappa shape index (κ1) is 14.7. The molecule has 1 rings (SSSR count). The highest BCUT2D eigenvalue weighted by atomic mass is 16.1. The van der Waals surface area contributed by atoms with E-state index in [1.54, 1.807) is 0 Å². The molecular weight excluding hydrogens is 224 g/mol. The summed E-state index contributed by atoms with van der Waals surface area (Å²) in [6.07, 6.45) is 1.79. The minimum Gasteiger partial charge on any atom is -0.350 e. The van der Waals surface area contributed by atoms with Crippen molar-refractivity contribution in [3.63, 3.8) is 0 Å². The zero-order chi connectivity index (χ0) is 13.5. The molecule has 0 bridgehead atoms. The Bertz CT molecular complexity index is 388. The Kier molecular flexibility index (Phi) is 5.86. The number of aryl methyl sites for hydroxylation is 1. The lowest BCUT2D eigenvalue weighted by atomic mass is 10.0. The molecule has 0 aromatic heterocycles. The number of rotatable bonds is 6. The zero-order valence-corrected chi connectivity index (χ0v) is 11.6. The van der Waals surface area contributed by atoms with E-state index < -0.39 is 0 Å². The molecular formula is C15H24N2O. The van der Waals surface area contributed by atoms with Crippen LogP contribution in [0.15, 0.2) is 24.3 Å². The predicted molar refractivity (Wildman–Crippen MR) is 75.6 cm³/mol. The molecule has 0 saturated heterocycles. The van der Waals surface area contributed by atoms with Crippen LogP contribution >= 0.6 is 0 Å². The Morgan fingerprint density at radius 1 is 1.33 bits per heavy atom. The summed E-state index contributed by atoms with van der Waals surface area (Å²) >= 11 is 0. The third-order valence-electron chi connectivity index (χ3n) is 2.94. The van der Waals surface area contributed by atoms with Crippen LogP contribution in [0.3, 0.4) is 0 Å². The number of nitrogens with one attached hydrogen (secondary N) is 1. The molecule has 0 aliphatic carbocycles. The highest BCUT2D eigenvalue weighted by Crippen LogP contribution is 2.09. The molecule has 0 spiro atoms. The molecule has 1 atom stereocenters. The molecule has 0 radical (unpaired) electrons. The standard InChI is InChI=1S/C15H24N2O/c1-4-12-7-5-6-8-14(12)15(18)17-10-13(16)9-11(2)3/h5-8,11,13H,4,9-10,16H2,1-3H3,(H,17,18). The van der Waals surface area contributed by atoms with E-state index in [9.17, 15) is 4.79 Å². The molecule has 1 aromatic carbocycles. The van der Waals surface area contributed by atoms with Gasteiger partial charge in [-0.15, -0.1) is 0 Å². The lowest BCUT2D eigenvalue weighted by Gasteiger charge is -2.15. The van der Waals surface area contributed by atoms with Gasteiger partial charge in [-0.3, -0.25) is 4.79 Å². The van der Waals surface area contributed by atoms with E-state index >= 15 is 0 Å². The summed E-state index contributed by atoms with van der Waals surface area (Å²) < 4.78 is 0. The number of amides is 1. The molecule has 3 nitrogen and oxygen atoms in total. The number of nitrogens with two attached hydrogens (primary N) is 1. The molecule has 1 aromatic rings. The first-order chi connectivity index (χ1) is 8.54. The molecule has 1 amide bonds. The second-order valence-corrected chi connectivity index (χ2v) is 5.11. The van der Waals surface area contributed by atoms with Gasteiger partial charge in [0.05, 0.1) is 0 Å². The fourth-order valence-electron chi connectivity index (χ4n) is 2.06. The van der Waals surface area contributed by atoms with Crippen molar-refractivity contribution < 1.29 is 4.79 Å². The Labute approximate surface area is 110 Å². The summed E-state index contributed by atoms with van der Waals surface area (Å²) in [5.41, 5.74) is 7.79. The summed E-state index contributed by atoms with van der Waals surface area (Å²) in [7, 11) is 0. The molecule has 0 aliphatic heterocycles. The average Bonchev–Trinajstić information content (AvgIpc) is 2.35. The molecule has 0 aliphatic rings. The highest BCUT2D eigenvalue weighted by Gasteiger charge is 2.11. The summed E-state index contributed by atoms with van der Waals surface area (Å²) in [4.78, 5) is 12.0. The highest BCUT2D eigenvalue weighted by molar-refractivity contribution is 5.95. The van der Waals surface area contributed by atoms with Gasteiger partial charge in [0.1, 0.15) is 0 Å². The van der Waals surface area contributed by atoms with Crippen LogP contribution in [-0.2, 0) is 6.42 Å². The van der Waals surface area contributed by atoms with E-state index in [4.69, 9.17) is 5.73 Å². The minimum absolute atomic E-state index is 0.0216. The van der Waals surface area contributed by atoms with E-state index in [1.165, 1.54) is 0 Å². The van der Waals surface area contributed by atoms with Crippen LogP contribution in [0.5, 0.6) is 0 Å². The van der Waals surface area contributed by atoms with Gasteiger partial charge in [0.15, 0.2) is 0 Å². The zero-order valence-electron chi connectivity index (χ0n) is 11.6. The molecule has 0 fully saturated rings. The van der Waals surface area contributed by atoms with E-state index in [2.05, 4.69) is 26.1 Å². The number of carbonyl (C=O) groups is 1. The third kappa shape index (κ3) is 4.49. The van der Waals surface area contributed by atoms with Gasteiger partial charge >= 0.3 is 0 Å². The molecule has 0 heterocycles. The van der Waals surface area contributed by atoms with Crippen LogP contribution in [0.1, 0.15) is 43.1 Å². The topological polar surface area (TPSA) is 55.1 Å². The van der Waals surface area contributed by atoms with Crippen molar-refractivity contribution in [2.75, 3.05) is 6.54 Å². The quantitative estimate of drug-likeness (QED) is 0.812. The lowest BCUT2D eigenvalue weighted by Crippen LogP contribution is -2.38. The molecule has 0 saturated carbocycles. The van der Waals surface area contributed by atoms with Crippen LogP contribution in [0, 0.1) is 5.92 Å². The maximum atomic E-state index is 12.0. The molecule has 18 heavy (non-hydrogen) atoms. The van der Waals surface area contributed by atoms with Crippen molar-refractivity contribution in [2.45, 2.75) is 39.7 Å². The normalized spacial score (nSPS) is 12.5. The van der Waals surface area contributed by atoms with Gasteiger partial charge in [-0.1, -0.05) is 39.0 Å². The third-order valence-corrected chi connectivity index (χ3v) is 2.94. The fourth-order valence-corrected chi connectivity index (χ4v) is 2.06. The van der Waals surface area contributed by atoms with Crippen molar-refractivity contribution in [3.8, 4) is 0 Å². The van der Waals surface area contributed by atoms with Crippen molar-refractivity contribution in [1.82, 2.24) is 5.32 Å². The second kappa shape index (κ2) is 7.17. The first-order valence-electron chi connectivity index (χ1n) is 6.66. The first-order valence-corrected chi connectivity index (χ1v) is 6.66. The number of hydrogen-bond donors (Lipinski definition) is 2. The van der Waals surface area contributed by atoms with Crippen LogP contribution < -0.4 is 11.1 Å². The summed E-state index contributed by atoms with van der Waals surface area (Å²) in [5.74, 6) is 0.534. The van der Waals surface area contributed by atoms with Gasteiger partial charge in [0, 0.05) is 18.2 Å². The monoisotopic (exact) mass is 248 g/mol. The van der Waals surface area contributed by atoms with Gasteiger partial charge < -0.3 is 11.1 Å². The van der Waals surface area contributed by atoms with E-state index in [-0.39, 0.29) is 11.9 Å². The van der Waals surface area contributed by atoms with Gasteiger partial charge in [0.25, 0.3) is 5.91 Å².